The first-order chi connectivity index (χ1) is 12.3. The summed E-state index contributed by atoms with van der Waals surface area (Å²) in [5, 5.41) is 26.8. The number of aromatic carboxylic acids is 2. The number of aliphatic hydroxyl groups excluding tert-OH is 1. The lowest BCUT2D eigenvalue weighted by atomic mass is 10.0. The van der Waals surface area contributed by atoms with E-state index >= 15 is 0 Å². The highest BCUT2D eigenvalue weighted by Crippen LogP contribution is 2.11. The molecule has 0 saturated carbocycles. The zero-order chi connectivity index (χ0) is 19.5. The van der Waals surface area contributed by atoms with Crippen LogP contribution in [-0.2, 0) is 6.42 Å². The molecule has 2 aromatic carbocycles. The minimum absolute atomic E-state index is 0.0111. The van der Waals surface area contributed by atoms with Gasteiger partial charge in [0, 0.05) is 0 Å². The van der Waals surface area contributed by atoms with Gasteiger partial charge >= 0.3 is 11.9 Å². The molecule has 5 heteroatoms. The Balaban J connectivity index is 0.000000260. The lowest BCUT2D eigenvalue weighted by Crippen LogP contribution is -2.06. The summed E-state index contributed by atoms with van der Waals surface area (Å²) in [5.74, 6) is -2.23. The van der Waals surface area contributed by atoms with Gasteiger partial charge in [-0.2, -0.15) is 0 Å². The van der Waals surface area contributed by atoms with Crippen LogP contribution in [0.2, 0.25) is 0 Å². The van der Waals surface area contributed by atoms with Crippen molar-refractivity contribution >= 4 is 11.9 Å². The summed E-state index contributed by atoms with van der Waals surface area (Å²) >= 11 is 0. The monoisotopic (exact) mass is 358 g/mol. The molecule has 0 radical (unpaired) electrons. The van der Waals surface area contributed by atoms with Crippen LogP contribution in [0, 0.1) is 6.92 Å². The van der Waals surface area contributed by atoms with Crippen LogP contribution in [0.4, 0.5) is 0 Å². The molecule has 2 aromatic rings. The molecule has 0 fully saturated rings. The van der Waals surface area contributed by atoms with E-state index in [1.54, 1.807) is 6.92 Å². The minimum Gasteiger partial charge on any atom is -0.478 e. The number of hydrogen-bond donors (Lipinski definition) is 3. The van der Waals surface area contributed by atoms with Gasteiger partial charge in [0.2, 0.25) is 0 Å². The second kappa shape index (κ2) is 11.1. The molecule has 0 aliphatic carbocycles. The summed E-state index contributed by atoms with van der Waals surface area (Å²) in [6.07, 6.45) is 3.74. The Bertz CT molecular complexity index is 710. The van der Waals surface area contributed by atoms with E-state index in [4.69, 9.17) is 10.2 Å². The molecule has 140 valence electrons. The second-order valence-corrected chi connectivity index (χ2v) is 6.11. The zero-order valence-electron chi connectivity index (χ0n) is 15.2. The average molecular weight is 358 g/mol. The van der Waals surface area contributed by atoms with E-state index in [1.165, 1.54) is 17.7 Å². The third-order valence-electron chi connectivity index (χ3n) is 3.95. The van der Waals surface area contributed by atoms with Crippen molar-refractivity contribution in [1.82, 2.24) is 0 Å². The number of benzene rings is 2. The topological polar surface area (TPSA) is 94.8 Å². The lowest BCUT2D eigenvalue weighted by Gasteiger charge is -2.08. The van der Waals surface area contributed by atoms with Crippen molar-refractivity contribution in [2.24, 2.45) is 0 Å². The second-order valence-electron chi connectivity index (χ2n) is 6.11. The van der Waals surface area contributed by atoms with Gasteiger partial charge in [-0.25, -0.2) is 9.59 Å². The maximum atomic E-state index is 10.6. The van der Waals surface area contributed by atoms with Gasteiger partial charge in [0.15, 0.2) is 0 Å². The number of rotatable bonds is 7. The van der Waals surface area contributed by atoms with Crippen LogP contribution < -0.4 is 0 Å². The molecule has 0 aromatic heterocycles. The molecule has 0 saturated heterocycles. The fourth-order valence-electron chi connectivity index (χ4n) is 2.44. The van der Waals surface area contributed by atoms with Crippen LogP contribution in [0.5, 0.6) is 0 Å². The Morgan fingerprint density at radius 1 is 0.962 bits per heavy atom. The van der Waals surface area contributed by atoms with Crippen LogP contribution in [0.3, 0.4) is 0 Å². The molecular weight excluding hydrogens is 332 g/mol. The van der Waals surface area contributed by atoms with Gasteiger partial charge in [0.1, 0.15) is 0 Å². The molecule has 2 rings (SSSR count). The molecule has 1 unspecified atom stereocenters. The molecule has 3 N–H and O–H groups in total. The van der Waals surface area contributed by atoms with Crippen molar-refractivity contribution in [3.63, 3.8) is 0 Å². The summed E-state index contributed by atoms with van der Waals surface area (Å²) in [4.78, 5) is 21.1. The van der Waals surface area contributed by atoms with E-state index in [9.17, 15) is 14.7 Å². The summed E-state index contributed by atoms with van der Waals surface area (Å²) in [6, 6.07) is 14.3. The van der Waals surface area contributed by atoms with Gasteiger partial charge in [-0.05, 0) is 49.4 Å². The molecular formula is C21H26O5. The molecule has 0 heterocycles. The molecule has 0 spiro atoms. The Morgan fingerprint density at radius 2 is 1.62 bits per heavy atom. The molecule has 1 atom stereocenters. The first kappa shape index (κ1) is 21.4. The van der Waals surface area contributed by atoms with Gasteiger partial charge in [0.05, 0.1) is 17.2 Å². The predicted octanol–water partition coefficient (Wildman–Crippen LogP) is 4.17. The maximum absolute atomic E-state index is 10.6. The fourth-order valence-corrected chi connectivity index (χ4v) is 2.44. The van der Waals surface area contributed by atoms with E-state index < -0.39 is 11.9 Å². The zero-order valence-corrected chi connectivity index (χ0v) is 15.2. The Hall–Kier alpha value is -2.66. The molecule has 26 heavy (non-hydrogen) atoms. The molecule has 0 aliphatic heterocycles. The first-order valence-corrected chi connectivity index (χ1v) is 8.64. The van der Waals surface area contributed by atoms with Gasteiger partial charge in [-0.15, -0.1) is 0 Å². The summed E-state index contributed by atoms with van der Waals surface area (Å²) in [7, 11) is 0. The van der Waals surface area contributed by atoms with Crippen molar-refractivity contribution in [2.45, 2.75) is 45.6 Å². The summed E-state index contributed by atoms with van der Waals surface area (Å²) in [5.41, 5.74) is 1.89. The molecule has 0 amide bonds. The van der Waals surface area contributed by atoms with Crippen molar-refractivity contribution in [3.05, 3.63) is 70.8 Å². The number of aryl methyl sites for hydroxylation is 2. The molecule has 0 bridgehead atoms. The number of carboxylic acid groups (broad SMARTS) is 2. The maximum Gasteiger partial charge on any atom is 0.335 e. The van der Waals surface area contributed by atoms with Gasteiger partial charge < -0.3 is 15.3 Å². The Labute approximate surface area is 153 Å². The third kappa shape index (κ3) is 7.49. The third-order valence-corrected chi connectivity index (χ3v) is 3.95. The van der Waals surface area contributed by atoms with Crippen LogP contribution in [-0.4, -0.2) is 33.4 Å². The normalized spacial score (nSPS) is 11.2. The van der Waals surface area contributed by atoms with Crippen molar-refractivity contribution in [2.75, 3.05) is 0 Å². The minimum atomic E-state index is -1.12. The fraction of sp³-hybridized carbons (Fsp3) is 0.333. The van der Waals surface area contributed by atoms with E-state index in [-0.39, 0.29) is 17.2 Å². The highest BCUT2D eigenvalue weighted by Gasteiger charge is 2.10. The van der Waals surface area contributed by atoms with E-state index in [2.05, 4.69) is 19.1 Å². The molecule has 5 nitrogen and oxygen atoms in total. The smallest absolute Gasteiger partial charge is 0.335 e. The van der Waals surface area contributed by atoms with Crippen molar-refractivity contribution < 1.29 is 24.9 Å². The summed E-state index contributed by atoms with van der Waals surface area (Å²) in [6.45, 7) is 3.72. The predicted molar refractivity (Wildman–Crippen MR) is 101 cm³/mol. The quantitative estimate of drug-likeness (QED) is 0.690. The van der Waals surface area contributed by atoms with Crippen molar-refractivity contribution in [3.8, 4) is 0 Å². The largest absolute Gasteiger partial charge is 0.478 e. The van der Waals surface area contributed by atoms with Crippen molar-refractivity contribution in [1.29, 1.82) is 0 Å². The van der Waals surface area contributed by atoms with Gasteiger partial charge in [0.25, 0.3) is 0 Å². The SMILES string of the molecule is CCCC(O)CCc1ccccc1.Cc1ccc(C(=O)O)cc1C(=O)O. The van der Waals surface area contributed by atoms with E-state index in [1.807, 2.05) is 18.2 Å². The van der Waals surface area contributed by atoms with Gasteiger partial charge in [-0.1, -0.05) is 49.7 Å². The number of carbonyl (C=O) groups is 2. The van der Waals surface area contributed by atoms with Crippen LogP contribution in [0.25, 0.3) is 0 Å². The van der Waals surface area contributed by atoms with Crippen LogP contribution >= 0.6 is 0 Å². The lowest BCUT2D eigenvalue weighted by molar-refractivity contribution is 0.0695. The highest BCUT2D eigenvalue weighted by atomic mass is 16.4. The Kier molecular flexibility index (Phi) is 9.09. The average Bonchev–Trinajstić information content (AvgIpc) is 2.61. The standard InChI is InChI=1S/C12H18O.C9H8O4/c1-2-6-12(13)10-9-11-7-4-3-5-8-11;1-5-2-3-6(8(10)11)4-7(5)9(12)13/h3-5,7-8,12-13H,2,6,9-10H2,1H3;2-4H,1H3,(H,10,11)(H,12,13). The van der Waals surface area contributed by atoms with Crippen LogP contribution in [0.1, 0.15) is 58.0 Å². The highest BCUT2D eigenvalue weighted by molar-refractivity contribution is 5.94. The first-order valence-electron chi connectivity index (χ1n) is 8.64. The number of aliphatic hydroxyl groups is 1. The number of hydrogen-bond acceptors (Lipinski definition) is 3. The number of carboxylic acids is 2. The summed E-state index contributed by atoms with van der Waals surface area (Å²) < 4.78 is 0. The van der Waals surface area contributed by atoms with Crippen LogP contribution in [0.15, 0.2) is 48.5 Å². The van der Waals surface area contributed by atoms with E-state index in [0.717, 1.165) is 31.7 Å². The van der Waals surface area contributed by atoms with E-state index in [0.29, 0.717) is 5.56 Å². The Morgan fingerprint density at radius 3 is 2.15 bits per heavy atom. The molecule has 0 aliphatic rings. The van der Waals surface area contributed by atoms with Gasteiger partial charge in [-0.3, -0.25) is 0 Å².